The maximum atomic E-state index is 10.6. The zero-order chi connectivity index (χ0) is 17.0. The van der Waals surface area contributed by atoms with Gasteiger partial charge in [0.2, 0.25) is 0 Å². The second-order valence-corrected chi connectivity index (χ2v) is 6.05. The molecule has 0 aliphatic carbocycles. The monoisotopic (exact) mass is 441 g/mol. The van der Waals surface area contributed by atoms with E-state index in [1.54, 1.807) is 12.1 Å². The van der Waals surface area contributed by atoms with Crippen LogP contribution in [0.2, 0.25) is 0 Å². The summed E-state index contributed by atoms with van der Waals surface area (Å²) < 4.78 is 6.91. The van der Waals surface area contributed by atoms with Gasteiger partial charge in [-0.3, -0.25) is 10.1 Å². The van der Waals surface area contributed by atoms with Crippen LogP contribution in [0.15, 0.2) is 51.4 Å². The van der Waals surface area contributed by atoms with E-state index < -0.39 is 10.9 Å². The SMILES string of the molecule is O=C(O)/C=C/c1cc(Br)c(Oc2ccc([N+](=O)[O-])cc2)c(Br)c1. The van der Waals surface area contributed by atoms with E-state index in [1.165, 1.54) is 30.3 Å². The van der Waals surface area contributed by atoms with E-state index in [4.69, 9.17) is 9.84 Å². The number of hydrogen-bond acceptors (Lipinski definition) is 4. The number of hydrogen-bond donors (Lipinski definition) is 1. The molecule has 0 unspecified atom stereocenters. The Kier molecular flexibility index (Phi) is 5.51. The van der Waals surface area contributed by atoms with Crippen molar-refractivity contribution in [1.29, 1.82) is 0 Å². The minimum Gasteiger partial charge on any atom is -0.478 e. The van der Waals surface area contributed by atoms with Gasteiger partial charge >= 0.3 is 5.97 Å². The quantitative estimate of drug-likeness (QED) is 0.399. The summed E-state index contributed by atoms with van der Waals surface area (Å²) in [5.74, 6) is -0.124. The van der Waals surface area contributed by atoms with E-state index in [9.17, 15) is 14.9 Å². The Morgan fingerprint density at radius 3 is 2.22 bits per heavy atom. The number of carboxylic acids is 1. The lowest BCUT2D eigenvalue weighted by molar-refractivity contribution is -0.384. The van der Waals surface area contributed by atoms with Crippen LogP contribution in [0.25, 0.3) is 6.08 Å². The van der Waals surface area contributed by atoms with Crippen molar-refractivity contribution in [2.75, 3.05) is 0 Å². The van der Waals surface area contributed by atoms with Gasteiger partial charge in [0, 0.05) is 18.2 Å². The molecule has 0 aliphatic rings. The van der Waals surface area contributed by atoms with Crippen molar-refractivity contribution in [3.63, 3.8) is 0 Å². The highest BCUT2D eigenvalue weighted by molar-refractivity contribution is 9.11. The Labute approximate surface area is 147 Å². The Bertz CT molecular complexity index is 764. The van der Waals surface area contributed by atoms with E-state index in [1.807, 2.05) is 0 Å². The molecule has 23 heavy (non-hydrogen) atoms. The van der Waals surface area contributed by atoms with Gasteiger partial charge in [-0.05, 0) is 67.8 Å². The van der Waals surface area contributed by atoms with Gasteiger partial charge in [-0.25, -0.2) is 4.79 Å². The number of halogens is 2. The fraction of sp³-hybridized carbons (Fsp3) is 0. The first-order chi connectivity index (χ1) is 10.9. The summed E-state index contributed by atoms with van der Waals surface area (Å²) in [7, 11) is 0. The van der Waals surface area contributed by atoms with E-state index in [0.29, 0.717) is 26.0 Å². The fourth-order valence-electron chi connectivity index (χ4n) is 1.69. The zero-order valence-electron chi connectivity index (χ0n) is 11.4. The first-order valence-corrected chi connectivity index (χ1v) is 7.78. The van der Waals surface area contributed by atoms with Crippen molar-refractivity contribution in [2.45, 2.75) is 0 Å². The second kappa shape index (κ2) is 7.38. The number of nitrogens with zero attached hydrogens (tertiary/aromatic N) is 1. The molecule has 118 valence electrons. The minimum atomic E-state index is -1.04. The number of ether oxygens (including phenoxy) is 1. The van der Waals surface area contributed by atoms with Crippen molar-refractivity contribution < 1.29 is 19.6 Å². The average Bonchev–Trinajstić information content (AvgIpc) is 2.49. The molecule has 0 aromatic heterocycles. The lowest BCUT2D eigenvalue weighted by atomic mass is 10.2. The van der Waals surface area contributed by atoms with Gasteiger partial charge in [0.1, 0.15) is 5.75 Å². The van der Waals surface area contributed by atoms with E-state index in [-0.39, 0.29) is 5.69 Å². The molecule has 0 saturated heterocycles. The van der Waals surface area contributed by atoms with Crippen LogP contribution in [0.5, 0.6) is 11.5 Å². The van der Waals surface area contributed by atoms with Gasteiger partial charge in [-0.1, -0.05) is 0 Å². The Balaban J connectivity index is 2.26. The Morgan fingerprint density at radius 2 is 1.74 bits per heavy atom. The van der Waals surface area contributed by atoms with E-state index in [2.05, 4.69) is 31.9 Å². The summed E-state index contributed by atoms with van der Waals surface area (Å²) in [5, 5.41) is 19.3. The third kappa shape index (κ3) is 4.64. The van der Waals surface area contributed by atoms with Crippen molar-refractivity contribution in [2.24, 2.45) is 0 Å². The minimum absolute atomic E-state index is 0.0235. The fourth-order valence-corrected chi connectivity index (χ4v) is 3.08. The molecule has 0 aliphatic heterocycles. The van der Waals surface area contributed by atoms with Crippen LogP contribution >= 0.6 is 31.9 Å². The highest BCUT2D eigenvalue weighted by Gasteiger charge is 2.11. The van der Waals surface area contributed by atoms with Gasteiger partial charge in [-0.2, -0.15) is 0 Å². The molecule has 2 aromatic rings. The molecule has 0 bridgehead atoms. The number of carboxylic acid groups (broad SMARTS) is 1. The highest BCUT2D eigenvalue weighted by atomic mass is 79.9. The highest BCUT2D eigenvalue weighted by Crippen LogP contribution is 2.38. The van der Waals surface area contributed by atoms with Gasteiger partial charge in [-0.15, -0.1) is 0 Å². The first-order valence-electron chi connectivity index (χ1n) is 6.19. The maximum absolute atomic E-state index is 10.6. The first kappa shape index (κ1) is 17.2. The van der Waals surface area contributed by atoms with Crippen LogP contribution in [-0.2, 0) is 4.79 Å². The second-order valence-electron chi connectivity index (χ2n) is 4.34. The molecular weight excluding hydrogens is 434 g/mol. The average molecular weight is 443 g/mol. The molecule has 0 fully saturated rings. The van der Waals surface area contributed by atoms with Crippen LogP contribution < -0.4 is 4.74 Å². The predicted molar refractivity (Wildman–Crippen MR) is 91.7 cm³/mol. The van der Waals surface area contributed by atoms with Crippen molar-refractivity contribution >= 4 is 49.6 Å². The van der Waals surface area contributed by atoms with Crippen LogP contribution in [0.4, 0.5) is 5.69 Å². The molecule has 2 rings (SSSR count). The Morgan fingerprint density at radius 1 is 1.17 bits per heavy atom. The van der Waals surface area contributed by atoms with Crippen LogP contribution in [0.1, 0.15) is 5.56 Å². The summed E-state index contributed by atoms with van der Waals surface area (Å²) in [6, 6.07) is 9.09. The number of carbonyl (C=O) groups is 1. The lowest BCUT2D eigenvalue weighted by Gasteiger charge is -2.11. The van der Waals surface area contributed by atoms with Gasteiger partial charge < -0.3 is 9.84 Å². The number of nitro benzene ring substituents is 1. The molecule has 2 aromatic carbocycles. The number of rotatable bonds is 5. The molecule has 0 radical (unpaired) electrons. The van der Waals surface area contributed by atoms with Crippen LogP contribution in [-0.4, -0.2) is 16.0 Å². The van der Waals surface area contributed by atoms with Gasteiger partial charge in [0.05, 0.1) is 13.9 Å². The third-order valence-electron chi connectivity index (χ3n) is 2.71. The number of aliphatic carboxylic acids is 1. The zero-order valence-corrected chi connectivity index (χ0v) is 14.6. The molecule has 0 amide bonds. The largest absolute Gasteiger partial charge is 0.478 e. The molecule has 0 heterocycles. The number of benzene rings is 2. The van der Waals surface area contributed by atoms with Crippen molar-refractivity contribution in [3.8, 4) is 11.5 Å². The normalized spacial score (nSPS) is 10.7. The van der Waals surface area contributed by atoms with E-state index >= 15 is 0 Å². The van der Waals surface area contributed by atoms with Crippen LogP contribution in [0.3, 0.4) is 0 Å². The van der Waals surface area contributed by atoms with Crippen molar-refractivity contribution in [3.05, 3.63) is 67.1 Å². The molecule has 6 nitrogen and oxygen atoms in total. The molecular formula is C15H9Br2NO5. The van der Waals surface area contributed by atoms with E-state index in [0.717, 1.165) is 6.08 Å². The predicted octanol–water partition coefficient (Wildman–Crippen LogP) is 5.01. The molecule has 0 atom stereocenters. The molecule has 8 heteroatoms. The van der Waals surface area contributed by atoms with Crippen LogP contribution in [0, 0.1) is 10.1 Å². The van der Waals surface area contributed by atoms with Crippen molar-refractivity contribution in [1.82, 2.24) is 0 Å². The number of non-ortho nitro benzene ring substituents is 1. The third-order valence-corrected chi connectivity index (χ3v) is 3.88. The number of nitro groups is 1. The summed E-state index contributed by atoms with van der Waals surface area (Å²) in [6.45, 7) is 0. The summed E-state index contributed by atoms with van der Waals surface area (Å²) in [6.07, 6.45) is 2.48. The maximum Gasteiger partial charge on any atom is 0.328 e. The topological polar surface area (TPSA) is 89.7 Å². The molecule has 0 saturated carbocycles. The smallest absolute Gasteiger partial charge is 0.328 e. The van der Waals surface area contributed by atoms with Gasteiger partial charge in [0.25, 0.3) is 5.69 Å². The molecule has 0 spiro atoms. The standard InChI is InChI=1S/C15H9Br2NO5/c16-12-7-9(1-6-14(19)20)8-13(17)15(12)23-11-4-2-10(3-5-11)18(21)22/h1-8H,(H,19,20)/b6-1+. The lowest BCUT2D eigenvalue weighted by Crippen LogP contribution is -1.91. The summed E-state index contributed by atoms with van der Waals surface area (Å²) >= 11 is 6.71. The molecule has 1 N–H and O–H groups in total. The Hall–Kier alpha value is -2.19. The summed E-state index contributed by atoms with van der Waals surface area (Å²) in [4.78, 5) is 20.7. The van der Waals surface area contributed by atoms with Gasteiger partial charge in [0.15, 0.2) is 5.75 Å². The summed E-state index contributed by atoms with van der Waals surface area (Å²) in [5.41, 5.74) is 0.645.